The summed E-state index contributed by atoms with van der Waals surface area (Å²) < 4.78 is 4.99. The van der Waals surface area contributed by atoms with E-state index in [1.807, 2.05) is 11.4 Å². The fraction of sp³-hybridized carbons (Fsp3) is 0.414. The van der Waals surface area contributed by atoms with Gasteiger partial charge in [-0.2, -0.15) is 0 Å². The molecule has 8 unspecified atom stereocenters. The summed E-state index contributed by atoms with van der Waals surface area (Å²) in [5.74, 6) is -2.18. The van der Waals surface area contributed by atoms with E-state index in [-0.39, 0.29) is 52.2 Å². The third-order valence-corrected chi connectivity index (χ3v) is 12.6. The molecule has 4 heterocycles. The van der Waals surface area contributed by atoms with Crippen molar-refractivity contribution in [2.45, 2.75) is 42.5 Å². The molecule has 41 heavy (non-hydrogen) atoms. The number of anilines is 1. The fourth-order valence-electron chi connectivity index (χ4n) is 7.48. The molecule has 3 fully saturated rings. The number of thiophene rings is 1. The number of hydrogen-bond acceptors (Lipinski definition) is 9. The second-order valence-electron chi connectivity index (χ2n) is 11.0. The van der Waals surface area contributed by atoms with Gasteiger partial charge in [0, 0.05) is 26.6 Å². The molecule has 2 saturated carbocycles. The second kappa shape index (κ2) is 9.95. The Morgan fingerprint density at radius 3 is 2.51 bits per heavy atom. The number of thiazole rings is 1. The molecule has 2 aliphatic carbocycles. The van der Waals surface area contributed by atoms with Crippen LogP contribution in [0.25, 0.3) is 0 Å². The lowest BCUT2D eigenvalue weighted by atomic mass is 9.69. The molecule has 0 spiro atoms. The van der Waals surface area contributed by atoms with Crippen LogP contribution >= 0.6 is 34.4 Å². The Morgan fingerprint density at radius 1 is 1.10 bits per heavy atom. The summed E-state index contributed by atoms with van der Waals surface area (Å²) >= 11 is 4.56. The van der Waals surface area contributed by atoms with Crippen LogP contribution in [-0.4, -0.2) is 51.5 Å². The number of amides is 3. The summed E-state index contributed by atoms with van der Waals surface area (Å²) in [6.45, 7) is 3.57. The van der Waals surface area contributed by atoms with Gasteiger partial charge in [0.1, 0.15) is 6.04 Å². The summed E-state index contributed by atoms with van der Waals surface area (Å²) in [5.41, 5.74) is 0.820. The molecule has 2 bridgehead atoms. The van der Waals surface area contributed by atoms with Gasteiger partial charge in [-0.25, -0.2) is 4.79 Å². The number of nitrogens with zero attached hydrogens (tertiary/aromatic N) is 1. The number of likely N-dealkylation sites (tertiary alicyclic amines) is 1. The van der Waals surface area contributed by atoms with Crippen LogP contribution in [-0.2, 0) is 19.1 Å². The van der Waals surface area contributed by atoms with E-state index in [0.29, 0.717) is 11.3 Å². The van der Waals surface area contributed by atoms with Gasteiger partial charge in [-0.3, -0.25) is 24.1 Å². The van der Waals surface area contributed by atoms with Crippen molar-refractivity contribution >= 4 is 63.8 Å². The number of carbonyl (C=O) groups excluding carboxylic acids is 4. The Bertz CT molecular complexity index is 1610. The van der Waals surface area contributed by atoms with E-state index in [1.54, 1.807) is 61.2 Å². The molecule has 4 aliphatic rings. The van der Waals surface area contributed by atoms with Crippen molar-refractivity contribution < 1.29 is 23.9 Å². The van der Waals surface area contributed by atoms with Crippen LogP contribution in [0.3, 0.4) is 0 Å². The first-order valence-corrected chi connectivity index (χ1v) is 16.2. The molecule has 2 aliphatic heterocycles. The number of benzene rings is 1. The number of nitrogens with one attached hydrogen (secondary N) is 2. The quantitative estimate of drug-likeness (QED) is 0.317. The summed E-state index contributed by atoms with van der Waals surface area (Å²) in [6.07, 6.45) is 0.803. The van der Waals surface area contributed by atoms with Gasteiger partial charge in [0.05, 0.1) is 29.0 Å². The number of imide groups is 1. The summed E-state index contributed by atoms with van der Waals surface area (Å²) in [7, 11) is 0. The van der Waals surface area contributed by atoms with Gasteiger partial charge >= 0.3 is 10.8 Å². The highest BCUT2D eigenvalue weighted by atomic mass is 32.2. The van der Waals surface area contributed by atoms with Crippen LogP contribution in [0.4, 0.5) is 5.69 Å². The van der Waals surface area contributed by atoms with Crippen molar-refractivity contribution in [2.24, 2.45) is 29.6 Å². The average molecular weight is 610 g/mol. The number of H-pyrrole nitrogens is 1. The maximum atomic E-state index is 13.9. The van der Waals surface area contributed by atoms with E-state index >= 15 is 0 Å². The SMILES string of the molecule is CCOC(=O)c1ccc(NC(=O)C(C)N2C(=O)C3C4CC(C3C2=O)C2C(c3cccs3)c3sc(=O)[nH]c3SC42)cc1. The summed E-state index contributed by atoms with van der Waals surface area (Å²) in [6, 6.07) is 9.43. The smallest absolute Gasteiger partial charge is 0.338 e. The van der Waals surface area contributed by atoms with Gasteiger partial charge in [-0.15, -0.1) is 23.1 Å². The van der Waals surface area contributed by atoms with E-state index in [2.05, 4.69) is 16.4 Å². The van der Waals surface area contributed by atoms with Crippen molar-refractivity contribution in [3.05, 3.63) is 66.8 Å². The highest BCUT2D eigenvalue weighted by Gasteiger charge is 2.70. The third-order valence-electron chi connectivity index (χ3n) is 9.04. The molecule has 9 nitrogen and oxygen atoms in total. The zero-order valence-corrected chi connectivity index (χ0v) is 24.6. The molecule has 7 rings (SSSR count). The molecule has 3 amide bonds. The molecule has 1 aromatic carbocycles. The topological polar surface area (TPSA) is 126 Å². The third kappa shape index (κ3) is 4.05. The van der Waals surface area contributed by atoms with Crippen molar-refractivity contribution in [1.82, 2.24) is 9.88 Å². The van der Waals surface area contributed by atoms with E-state index in [4.69, 9.17) is 4.74 Å². The van der Waals surface area contributed by atoms with Gasteiger partial charge in [-0.05, 0) is 73.7 Å². The number of ether oxygens (including phenoxy) is 1. The molecular weight excluding hydrogens is 583 g/mol. The summed E-state index contributed by atoms with van der Waals surface area (Å²) in [5, 5.41) is 5.82. The number of fused-ring (bicyclic) bond motifs is 9. The van der Waals surface area contributed by atoms with Crippen molar-refractivity contribution in [3.63, 3.8) is 0 Å². The molecular formula is C29H27N3O6S3. The monoisotopic (exact) mass is 609 g/mol. The lowest BCUT2D eigenvalue weighted by Crippen LogP contribution is -2.46. The zero-order chi connectivity index (χ0) is 28.6. The molecule has 2 aromatic heterocycles. The lowest BCUT2D eigenvalue weighted by molar-refractivity contribution is -0.146. The Labute approximate surface area is 247 Å². The van der Waals surface area contributed by atoms with Crippen LogP contribution in [0, 0.1) is 29.6 Å². The van der Waals surface area contributed by atoms with E-state index in [0.717, 1.165) is 16.3 Å². The molecule has 12 heteroatoms. The van der Waals surface area contributed by atoms with Crippen LogP contribution < -0.4 is 10.2 Å². The van der Waals surface area contributed by atoms with Crippen molar-refractivity contribution in [3.8, 4) is 0 Å². The lowest BCUT2D eigenvalue weighted by Gasteiger charge is -2.42. The summed E-state index contributed by atoms with van der Waals surface area (Å²) in [4.78, 5) is 71.5. The number of aromatic amines is 1. The van der Waals surface area contributed by atoms with Crippen LogP contribution in [0.5, 0.6) is 0 Å². The van der Waals surface area contributed by atoms with Gasteiger partial charge in [0.2, 0.25) is 17.7 Å². The molecule has 1 saturated heterocycles. The molecule has 212 valence electrons. The number of thioether (sulfide) groups is 1. The highest BCUT2D eigenvalue weighted by Crippen LogP contribution is 2.68. The maximum Gasteiger partial charge on any atom is 0.338 e. The largest absolute Gasteiger partial charge is 0.462 e. The van der Waals surface area contributed by atoms with Gasteiger partial charge < -0.3 is 15.0 Å². The minimum Gasteiger partial charge on any atom is -0.462 e. The Morgan fingerprint density at radius 2 is 1.83 bits per heavy atom. The van der Waals surface area contributed by atoms with Gasteiger partial charge in [0.15, 0.2) is 0 Å². The Balaban J connectivity index is 1.13. The van der Waals surface area contributed by atoms with Crippen molar-refractivity contribution in [2.75, 3.05) is 11.9 Å². The average Bonchev–Trinajstić information content (AvgIpc) is 3.77. The van der Waals surface area contributed by atoms with E-state index in [1.165, 1.54) is 21.1 Å². The predicted octanol–water partition coefficient (Wildman–Crippen LogP) is 4.18. The standard InChI is InChI=1S/C29H27N3O6S3/c1-3-38-28(36)13-6-8-14(9-7-13)30-24(33)12(2)32-26(34)19-15-11-16(20(19)27(32)35)22-18(15)21(17-5-4-10-39-17)23-25(40-22)31-29(37)41-23/h4-10,12,15-16,18-22H,3,11H2,1-2H3,(H,30,33)(H,31,37). The van der Waals surface area contributed by atoms with Gasteiger partial charge in [-0.1, -0.05) is 17.4 Å². The Kier molecular flexibility index (Phi) is 6.47. The van der Waals surface area contributed by atoms with Crippen molar-refractivity contribution in [1.29, 1.82) is 0 Å². The molecule has 2 N–H and O–H groups in total. The molecule has 3 aromatic rings. The minimum absolute atomic E-state index is 0.00569. The first-order valence-electron chi connectivity index (χ1n) is 13.7. The normalized spacial score (nSPS) is 30.1. The van der Waals surface area contributed by atoms with Gasteiger partial charge in [0.25, 0.3) is 0 Å². The number of rotatable bonds is 6. The number of aromatic nitrogens is 1. The van der Waals surface area contributed by atoms with E-state index in [9.17, 15) is 24.0 Å². The molecule has 8 atom stereocenters. The van der Waals surface area contributed by atoms with Crippen LogP contribution in [0.15, 0.2) is 51.6 Å². The number of hydrogen-bond donors (Lipinski definition) is 2. The molecule has 0 radical (unpaired) electrons. The highest BCUT2D eigenvalue weighted by molar-refractivity contribution is 8.00. The minimum atomic E-state index is -0.981. The second-order valence-corrected chi connectivity index (χ2v) is 14.2. The number of esters is 1. The number of carbonyl (C=O) groups is 4. The maximum absolute atomic E-state index is 13.9. The van der Waals surface area contributed by atoms with Crippen LogP contribution in [0.1, 0.15) is 46.3 Å². The predicted molar refractivity (Wildman–Crippen MR) is 155 cm³/mol. The Hall–Kier alpha value is -3.22. The van der Waals surface area contributed by atoms with Crippen LogP contribution in [0.2, 0.25) is 0 Å². The van der Waals surface area contributed by atoms with E-state index < -0.39 is 29.8 Å². The first kappa shape index (κ1) is 26.7. The zero-order valence-electron chi connectivity index (χ0n) is 22.2. The first-order chi connectivity index (χ1) is 19.8. The fourth-order valence-corrected chi connectivity index (χ4v) is 11.3.